The minimum atomic E-state index is 0.00266. The monoisotopic (exact) mass is 268 g/mol. The van der Waals surface area contributed by atoms with Gasteiger partial charge in [-0.3, -0.25) is 0 Å². The van der Waals surface area contributed by atoms with Crippen LogP contribution in [-0.2, 0) is 19.4 Å². The molecule has 1 aromatic heterocycles. The van der Waals surface area contributed by atoms with Crippen molar-refractivity contribution >= 4 is 5.82 Å². The van der Waals surface area contributed by atoms with Gasteiger partial charge in [0.25, 0.3) is 0 Å². The molecular formula is C13H24N4O2. The second-order valence-electron chi connectivity index (χ2n) is 4.27. The molecule has 0 spiro atoms. The third kappa shape index (κ3) is 3.62. The molecule has 0 aliphatic heterocycles. The lowest BCUT2D eigenvalue weighted by atomic mass is 10.0. The van der Waals surface area contributed by atoms with Crippen molar-refractivity contribution in [2.45, 2.75) is 33.2 Å². The molecule has 19 heavy (non-hydrogen) atoms. The fraction of sp³-hybridized carbons (Fsp3) is 0.692. The number of aryl methyl sites for hydroxylation is 1. The lowest BCUT2D eigenvalue weighted by molar-refractivity contribution is 0.280. The average molecular weight is 268 g/mol. The Kier molecular flexibility index (Phi) is 6.69. The summed E-state index contributed by atoms with van der Waals surface area (Å²) in [6.45, 7) is 5.33. The number of aliphatic hydroxyl groups excluding tert-OH is 2. The number of rotatable bonds is 8. The number of hydrogen-bond acceptors (Lipinski definition) is 6. The predicted octanol–water partition coefficient (Wildman–Crippen LogP) is -0.149. The Balaban J connectivity index is 3.24. The minimum Gasteiger partial charge on any atom is -0.395 e. The summed E-state index contributed by atoms with van der Waals surface area (Å²) in [5, 5.41) is 26.7. The molecule has 0 saturated heterocycles. The van der Waals surface area contributed by atoms with Crippen LogP contribution in [-0.4, -0.2) is 46.7 Å². The zero-order valence-electron chi connectivity index (χ0n) is 11.8. The van der Waals surface area contributed by atoms with E-state index in [0.717, 1.165) is 29.7 Å². The molecule has 1 rings (SSSR count). The highest BCUT2D eigenvalue weighted by molar-refractivity contribution is 5.51. The molecule has 6 nitrogen and oxygen atoms in total. The third-order valence-electron chi connectivity index (χ3n) is 3.18. The Bertz CT molecular complexity index is 392. The Hall–Kier alpha value is -1.24. The zero-order valence-corrected chi connectivity index (χ0v) is 11.8. The number of aliphatic hydroxyl groups is 2. The average Bonchev–Trinajstić information content (AvgIpc) is 2.45. The van der Waals surface area contributed by atoms with Gasteiger partial charge in [-0.2, -0.15) is 5.10 Å². The molecule has 0 atom stereocenters. The number of nitrogens with zero attached hydrogens (tertiary/aromatic N) is 3. The van der Waals surface area contributed by atoms with Crippen molar-refractivity contribution < 1.29 is 10.2 Å². The first kappa shape index (κ1) is 15.8. The van der Waals surface area contributed by atoms with E-state index in [0.29, 0.717) is 25.5 Å². The van der Waals surface area contributed by atoms with Crippen LogP contribution < -0.4 is 10.6 Å². The van der Waals surface area contributed by atoms with E-state index < -0.39 is 0 Å². The molecule has 0 aliphatic rings. The van der Waals surface area contributed by atoms with E-state index in [4.69, 9.17) is 15.9 Å². The normalized spacial score (nSPS) is 10.8. The van der Waals surface area contributed by atoms with Gasteiger partial charge in [0.2, 0.25) is 0 Å². The molecule has 0 amide bonds. The van der Waals surface area contributed by atoms with E-state index in [1.54, 1.807) is 0 Å². The molecule has 0 saturated carbocycles. The summed E-state index contributed by atoms with van der Waals surface area (Å²) in [5.74, 6) is 0.680. The number of hydrogen-bond donors (Lipinski definition) is 3. The topological polar surface area (TPSA) is 95.5 Å². The largest absolute Gasteiger partial charge is 0.395 e. The van der Waals surface area contributed by atoms with Crippen LogP contribution in [0.15, 0.2) is 0 Å². The van der Waals surface area contributed by atoms with Crippen molar-refractivity contribution in [1.82, 2.24) is 10.2 Å². The zero-order chi connectivity index (χ0) is 14.3. The number of anilines is 1. The summed E-state index contributed by atoms with van der Waals surface area (Å²) in [7, 11) is 0. The van der Waals surface area contributed by atoms with E-state index in [2.05, 4.69) is 17.1 Å². The Morgan fingerprint density at radius 3 is 2.05 bits per heavy atom. The molecule has 4 N–H and O–H groups in total. The van der Waals surface area contributed by atoms with Gasteiger partial charge in [0.15, 0.2) is 5.82 Å². The van der Waals surface area contributed by atoms with Crippen LogP contribution in [0.1, 0.15) is 30.7 Å². The summed E-state index contributed by atoms with van der Waals surface area (Å²) < 4.78 is 0. The molecule has 0 radical (unpaired) electrons. The molecule has 1 heterocycles. The lowest BCUT2D eigenvalue weighted by Gasteiger charge is -2.25. The Labute approximate surface area is 114 Å². The van der Waals surface area contributed by atoms with Gasteiger partial charge in [0, 0.05) is 25.2 Å². The van der Waals surface area contributed by atoms with Crippen LogP contribution in [0.3, 0.4) is 0 Å². The SMILES string of the molecule is CCc1nnc(N(CCO)CCO)c(CN)c1CC. The van der Waals surface area contributed by atoms with Crippen molar-refractivity contribution in [3.63, 3.8) is 0 Å². The third-order valence-corrected chi connectivity index (χ3v) is 3.18. The van der Waals surface area contributed by atoms with Crippen molar-refractivity contribution in [2.24, 2.45) is 5.73 Å². The Morgan fingerprint density at radius 2 is 1.63 bits per heavy atom. The first-order valence-corrected chi connectivity index (χ1v) is 6.77. The van der Waals surface area contributed by atoms with Crippen LogP contribution in [0, 0.1) is 0 Å². The van der Waals surface area contributed by atoms with E-state index in [1.165, 1.54) is 0 Å². The van der Waals surface area contributed by atoms with E-state index in [1.807, 2.05) is 11.8 Å². The lowest BCUT2D eigenvalue weighted by Crippen LogP contribution is -2.32. The molecule has 0 unspecified atom stereocenters. The first-order valence-electron chi connectivity index (χ1n) is 6.77. The van der Waals surface area contributed by atoms with Crippen molar-refractivity contribution in [1.29, 1.82) is 0 Å². The molecule has 0 aromatic carbocycles. The fourth-order valence-corrected chi connectivity index (χ4v) is 2.27. The van der Waals surface area contributed by atoms with Gasteiger partial charge in [0.1, 0.15) is 0 Å². The highest BCUT2D eigenvalue weighted by atomic mass is 16.3. The van der Waals surface area contributed by atoms with E-state index in [-0.39, 0.29) is 13.2 Å². The highest BCUT2D eigenvalue weighted by Gasteiger charge is 2.17. The van der Waals surface area contributed by atoms with Crippen molar-refractivity contribution in [3.8, 4) is 0 Å². The quantitative estimate of drug-likeness (QED) is 0.607. The van der Waals surface area contributed by atoms with Gasteiger partial charge >= 0.3 is 0 Å². The predicted molar refractivity (Wildman–Crippen MR) is 75.1 cm³/mol. The van der Waals surface area contributed by atoms with Crippen LogP contribution in [0.2, 0.25) is 0 Å². The van der Waals surface area contributed by atoms with E-state index >= 15 is 0 Å². The van der Waals surface area contributed by atoms with Crippen LogP contribution in [0.4, 0.5) is 5.82 Å². The highest BCUT2D eigenvalue weighted by Crippen LogP contribution is 2.23. The molecule has 108 valence electrons. The van der Waals surface area contributed by atoms with Gasteiger partial charge < -0.3 is 20.8 Å². The van der Waals surface area contributed by atoms with Crippen molar-refractivity contribution in [3.05, 3.63) is 16.8 Å². The van der Waals surface area contributed by atoms with Gasteiger partial charge in [-0.15, -0.1) is 5.10 Å². The maximum absolute atomic E-state index is 9.11. The Morgan fingerprint density at radius 1 is 1.00 bits per heavy atom. The molecule has 0 fully saturated rings. The van der Waals surface area contributed by atoms with Gasteiger partial charge in [-0.25, -0.2) is 0 Å². The fourth-order valence-electron chi connectivity index (χ4n) is 2.27. The summed E-state index contributed by atoms with van der Waals surface area (Å²) >= 11 is 0. The standard InChI is InChI=1S/C13H24N4O2/c1-3-10-11(9-14)13(16-15-12(10)4-2)17(5-7-18)6-8-19/h18-19H,3-9,14H2,1-2H3. The summed E-state index contributed by atoms with van der Waals surface area (Å²) in [6.07, 6.45) is 1.67. The van der Waals surface area contributed by atoms with Gasteiger partial charge in [0.05, 0.1) is 18.9 Å². The van der Waals surface area contributed by atoms with E-state index in [9.17, 15) is 0 Å². The smallest absolute Gasteiger partial charge is 0.156 e. The second-order valence-corrected chi connectivity index (χ2v) is 4.27. The second kappa shape index (κ2) is 8.04. The van der Waals surface area contributed by atoms with Gasteiger partial charge in [-0.1, -0.05) is 13.8 Å². The molecular weight excluding hydrogens is 244 g/mol. The molecule has 0 aliphatic carbocycles. The number of nitrogens with two attached hydrogens (primary N) is 1. The van der Waals surface area contributed by atoms with Crippen LogP contribution in [0.25, 0.3) is 0 Å². The van der Waals surface area contributed by atoms with Crippen molar-refractivity contribution in [2.75, 3.05) is 31.2 Å². The number of aromatic nitrogens is 2. The maximum Gasteiger partial charge on any atom is 0.156 e. The van der Waals surface area contributed by atoms with Crippen LogP contribution >= 0.6 is 0 Å². The molecule has 1 aromatic rings. The molecule has 6 heteroatoms. The maximum atomic E-state index is 9.11. The first-order chi connectivity index (χ1) is 9.23. The van der Waals surface area contributed by atoms with Crippen LogP contribution in [0.5, 0.6) is 0 Å². The summed E-state index contributed by atoms with van der Waals surface area (Å²) in [5.41, 5.74) is 8.94. The summed E-state index contributed by atoms with van der Waals surface area (Å²) in [4.78, 5) is 1.83. The molecule has 0 bridgehead atoms. The summed E-state index contributed by atoms with van der Waals surface area (Å²) in [6, 6.07) is 0. The van der Waals surface area contributed by atoms with Gasteiger partial charge in [-0.05, 0) is 18.4 Å². The minimum absolute atomic E-state index is 0.00266.